The zero-order chi connectivity index (χ0) is 28.5. The number of nitrogens with zero attached hydrogens (tertiary/aromatic N) is 1. The van der Waals surface area contributed by atoms with Crippen molar-refractivity contribution < 1.29 is 29.3 Å². The number of methoxy groups -OCH3 is 2. The lowest BCUT2D eigenvalue weighted by atomic mass is 10.1. The molecule has 0 atom stereocenters. The summed E-state index contributed by atoms with van der Waals surface area (Å²) in [6.45, 7) is 0. The minimum Gasteiger partial charge on any atom is -0.504 e. The number of aromatic amines is 1. The molecule has 0 bridgehead atoms. The molecule has 0 unspecified atom stereocenters. The summed E-state index contributed by atoms with van der Waals surface area (Å²) in [6, 6.07) is 18.7. The van der Waals surface area contributed by atoms with E-state index in [1.165, 1.54) is 38.5 Å². The van der Waals surface area contributed by atoms with Crippen LogP contribution in [0.1, 0.15) is 17.5 Å². The number of allylic oxidation sites excluding steroid dienone is 2. The minimum atomic E-state index is -0.347. The number of H-pyrrole nitrogens is 1. The summed E-state index contributed by atoms with van der Waals surface area (Å²) < 4.78 is 10.00. The Kier molecular flexibility index (Phi) is 12.6. The number of phenols is 2. The highest BCUT2D eigenvalue weighted by atomic mass is 16.5. The number of nitrogens with two attached hydrogens (primary N) is 1. The van der Waals surface area contributed by atoms with Crippen molar-refractivity contribution in [1.82, 2.24) is 9.97 Å². The highest BCUT2D eigenvalue weighted by Gasteiger charge is 2.06. The van der Waals surface area contributed by atoms with E-state index in [1.807, 2.05) is 24.3 Å². The van der Waals surface area contributed by atoms with Gasteiger partial charge >= 0.3 is 0 Å². The van der Waals surface area contributed by atoms with Gasteiger partial charge in [0, 0.05) is 18.6 Å². The van der Waals surface area contributed by atoms with Gasteiger partial charge in [-0.2, -0.15) is 0 Å². The third kappa shape index (κ3) is 11.5. The Hall–Kier alpha value is -5.31. The Morgan fingerprint density at radius 1 is 0.821 bits per heavy atom. The van der Waals surface area contributed by atoms with Crippen molar-refractivity contribution in [2.45, 2.75) is 6.42 Å². The van der Waals surface area contributed by atoms with Crippen LogP contribution >= 0.6 is 0 Å². The fraction of sp³-hybridized carbons (Fsp3) is 0.100. The zero-order valence-corrected chi connectivity index (χ0v) is 21.7. The SMILES string of the molecule is COc1cc(/C=C/C(=O)CC(=O)/C=C/c2ccc(O)c(OC)c2)ccc1O.Nc1ccc[nH]1.c1ccncc1. The molecule has 2 aromatic carbocycles. The van der Waals surface area contributed by atoms with Gasteiger partial charge in [0.25, 0.3) is 0 Å². The van der Waals surface area contributed by atoms with Gasteiger partial charge in [0.15, 0.2) is 34.6 Å². The molecule has 0 aliphatic rings. The van der Waals surface area contributed by atoms with Gasteiger partial charge in [0.05, 0.1) is 20.6 Å². The molecule has 0 saturated carbocycles. The summed E-state index contributed by atoms with van der Waals surface area (Å²) in [6.07, 6.45) is 10.7. The minimum absolute atomic E-state index is 0.00662. The second-order valence-electron chi connectivity index (χ2n) is 7.79. The zero-order valence-electron chi connectivity index (χ0n) is 21.7. The number of carbonyl (C=O) groups excluding carboxylic acids is 2. The number of hydrogen-bond donors (Lipinski definition) is 4. The van der Waals surface area contributed by atoms with Gasteiger partial charge < -0.3 is 30.4 Å². The molecule has 0 spiro atoms. The average molecular weight is 530 g/mol. The van der Waals surface area contributed by atoms with E-state index in [2.05, 4.69) is 9.97 Å². The second-order valence-corrected chi connectivity index (χ2v) is 7.79. The van der Waals surface area contributed by atoms with E-state index in [0.29, 0.717) is 22.6 Å². The Balaban J connectivity index is 0.000000360. The second kappa shape index (κ2) is 16.4. The van der Waals surface area contributed by atoms with Crippen molar-refractivity contribution in [2.24, 2.45) is 0 Å². The molecule has 4 aromatic rings. The van der Waals surface area contributed by atoms with E-state index in [0.717, 1.165) is 5.82 Å². The van der Waals surface area contributed by atoms with Gasteiger partial charge in [-0.05, 0) is 71.8 Å². The van der Waals surface area contributed by atoms with Crippen molar-refractivity contribution in [3.05, 3.63) is 109 Å². The smallest absolute Gasteiger partial charge is 0.163 e. The molecule has 39 heavy (non-hydrogen) atoms. The maximum absolute atomic E-state index is 11.9. The van der Waals surface area contributed by atoms with Crippen LogP contribution in [-0.2, 0) is 9.59 Å². The topological polar surface area (TPSA) is 148 Å². The predicted molar refractivity (Wildman–Crippen MR) is 151 cm³/mol. The molecule has 2 aromatic heterocycles. The number of rotatable bonds is 8. The molecule has 4 rings (SSSR count). The lowest BCUT2D eigenvalue weighted by molar-refractivity contribution is -0.121. The summed E-state index contributed by atoms with van der Waals surface area (Å²) in [5, 5.41) is 19.1. The largest absolute Gasteiger partial charge is 0.504 e. The van der Waals surface area contributed by atoms with Crippen molar-refractivity contribution in [3.63, 3.8) is 0 Å². The number of nitrogen functional groups attached to an aromatic ring is 1. The maximum atomic E-state index is 11.9. The summed E-state index contributed by atoms with van der Waals surface area (Å²) >= 11 is 0. The molecule has 2 heterocycles. The predicted octanol–water partition coefficient (Wildman–Crippen LogP) is 5.05. The Labute approximate surface area is 226 Å². The number of pyridine rings is 1. The van der Waals surface area contributed by atoms with Gasteiger partial charge in [0.2, 0.25) is 0 Å². The van der Waals surface area contributed by atoms with Crippen molar-refractivity contribution in [3.8, 4) is 23.0 Å². The van der Waals surface area contributed by atoms with Gasteiger partial charge in [0.1, 0.15) is 5.82 Å². The number of benzene rings is 2. The molecular weight excluding hydrogens is 498 g/mol. The van der Waals surface area contributed by atoms with Crippen LogP contribution in [0.5, 0.6) is 23.0 Å². The number of anilines is 1. The number of carbonyl (C=O) groups is 2. The van der Waals surface area contributed by atoms with Crippen LogP contribution in [-0.4, -0.2) is 46.0 Å². The highest BCUT2D eigenvalue weighted by Crippen LogP contribution is 2.27. The van der Waals surface area contributed by atoms with E-state index in [1.54, 1.807) is 61.1 Å². The van der Waals surface area contributed by atoms with Crippen LogP contribution in [0, 0.1) is 0 Å². The fourth-order valence-corrected chi connectivity index (χ4v) is 2.92. The summed E-state index contributed by atoms with van der Waals surface area (Å²) in [4.78, 5) is 30.4. The van der Waals surface area contributed by atoms with Crippen LogP contribution in [0.3, 0.4) is 0 Å². The van der Waals surface area contributed by atoms with Crippen LogP contribution in [0.2, 0.25) is 0 Å². The number of hydrogen-bond acceptors (Lipinski definition) is 8. The van der Waals surface area contributed by atoms with Crippen LogP contribution in [0.4, 0.5) is 5.82 Å². The van der Waals surface area contributed by atoms with Crippen molar-refractivity contribution in [1.29, 1.82) is 0 Å². The molecule has 0 aliphatic heterocycles. The fourth-order valence-electron chi connectivity index (χ4n) is 2.92. The van der Waals surface area contributed by atoms with Gasteiger partial charge in [-0.25, -0.2) is 0 Å². The molecule has 0 aliphatic carbocycles. The molecule has 9 heteroatoms. The first-order valence-corrected chi connectivity index (χ1v) is 11.7. The quantitative estimate of drug-likeness (QED) is 0.183. The lowest BCUT2D eigenvalue weighted by Gasteiger charge is -2.03. The monoisotopic (exact) mass is 529 g/mol. The van der Waals surface area contributed by atoms with E-state index in [-0.39, 0.29) is 29.5 Å². The van der Waals surface area contributed by atoms with E-state index >= 15 is 0 Å². The normalized spacial score (nSPS) is 10.2. The van der Waals surface area contributed by atoms with Crippen LogP contribution in [0.15, 0.2) is 97.5 Å². The summed E-state index contributed by atoms with van der Waals surface area (Å²) in [5.41, 5.74) is 6.55. The third-order valence-corrected chi connectivity index (χ3v) is 4.87. The number of ether oxygens (including phenoxy) is 2. The molecular formula is C30H31N3O6. The molecule has 9 nitrogen and oxygen atoms in total. The number of aromatic hydroxyl groups is 2. The van der Waals surface area contributed by atoms with Gasteiger partial charge in [-0.3, -0.25) is 14.6 Å². The molecule has 202 valence electrons. The Morgan fingerprint density at radius 3 is 1.64 bits per heavy atom. The maximum Gasteiger partial charge on any atom is 0.163 e. The molecule has 0 fully saturated rings. The number of aromatic nitrogens is 2. The van der Waals surface area contributed by atoms with Crippen LogP contribution in [0.25, 0.3) is 12.2 Å². The first-order chi connectivity index (χ1) is 18.8. The Morgan fingerprint density at radius 2 is 1.33 bits per heavy atom. The van der Waals surface area contributed by atoms with Gasteiger partial charge in [-0.15, -0.1) is 0 Å². The first kappa shape index (κ1) is 29.9. The lowest BCUT2D eigenvalue weighted by Crippen LogP contribution is -2.01. The summed E-state index contributed by atoms with van der Waals surface area (Å²) in [7, 11) is 2.87. The number of phenolic OH excluding ortho intramolecular Hbond substituents is 2. The van der Waals surface area contributed by atoms with Crippen molar-refractivity contribution in [2.75, 3.05) is 20.0 Å². The average Bonchev–Trinajstić information content (AvgIpc) is 3.44. The van der Waals surface area contributed by atoms with Crippen LogP contribution < -0.4 is 15.2 Å². The standard InChI is InChI=1S/C21H20O6.C5H5N.C4H6N2/c1-26-20-11-14(5-9-18(20)24)3-7-16(22)13-17(23)8-4-15-6-10-19(25)21(12-15)27-2;1-2-4-6-5-3-1;5-4-2-1-3-6-4/h3-12,24-25H,13H2,1-2H3;1-5H;1-3,6H,5H2/b7-3+,8-4+;;. The number of ketones is 2. The van der Waals surface area contributed by atoms with Crippen molar-refractivity contribution >= 4 is 29.5 Å². The van der Waals surface area contributed by atoms with E-state index in [4.69, 9.17) is 15.2 Å². The summed E-state index contributed by atoms with van der Waals surface area (Å²) in [5.74, 6) is 0.634. The Bertz CT molecular complexity index is 1270. The highest BCUT2D eigenvalue weighted by molar-refractivity contribution is 6.10. The number of nitrogens with one attached hydrogen (secondary N) is 1. The molecule has 5 N–H and O–H groups in total. The van der Waals surface area contributed by atoms with E-state index < -0.39 is 0 Å². The third-order valence-electron chi connectivity index (χ3n) is 4.87. The molecule has 0 radical (unpaired) electrons. The molecule has 0 saturated heterocycles. The van der Waals surface area contributed by atoms with E-state index in [9.17, 15) is 19.8 Å². The van der Waals surface area contributed by atoms with Gasteiger partial charge in [-0.1, -0.05) is 30.4 Å². The first-order valence-electron chi connectivity index (χ1n) is 11.7. The molecule has 0 amide bonds.